The van der Waals surface area contributed by atoms with Crippen molar-refractivity contribution in [2.75, 3.05) is 0 Å². The highest BCUT2D eigenvalue weighted by atomic mass is 16.3. The van der Waals surface area contributed by atoms with E-state index < -0.39 is 0 Å². The normalized spacial score (nSPS) is 9.87. The van der Waals surface area contributed by atoms with E-state index in [1.54, 1.807) is 12.3 Å². The molecule has 0 aliphatic rings. The minimum atomic E-state index is 0.216. The van der Waals surface area contributed by atoms with Crippen LogP contribution in [0.25, 0.3) is 11.5 Å². The van der Waals surface area contributed by atoms with Crippen molar-refractivity contribution in [3.8, 4) is 17.5 Å². The van der Waals surface area contributed by atoms with Crippen molar-refractivity contribution in [2.45, 2.75) is 13.3 Å². The molecule has 0 aliphatic heterocycles. The summed E-state index contributed by atoms with van der Waals surface area (Å²) in [5, 5.41) is 8.53. The second-order valence-corrected chi connectivity index (χ2v) is 3.10. The van der Waals surface area contributed by atoms with Crippen LogP contribution in [0.2, 0.25) is 0 Å². The first-order valence-corrected chi connectivity index (χ1v) is 4.55. The van der Waals surface area contributed by atoms with Crippen molar-refractivity contribution in [3.05, 3.63) is 36.0 Å². The van der Waals surface area contributed by atoms with Crippen molar-refractivity contribution in [3.63, 3.8) is 0 Å². The minimum Gasteiger partial charge on any atom is -0.460 e. The highest BCUT2D eigenvalue weighted by molar-refractivity contribution is 5.51. The quantitative estimate of drug-likeness (QED) is 0.743. The van der Waals surface area contributed by atoms with Gasteiger partial charge in [0.2, 0.25) is 0 Å². The second kappa shape index (κ2) is 3.93. The topological polar surface area (TPSA) is 62.7 Å². The van der Waals surface area contributed by atoms with Crippen molar-refractivity contribution < 1.29 is 4.42 Å². The maximum Gasteiger partial charge on any atom is 0.152 e. The van der Waals surface area contributed by atoms with E-state index in [0.717, 1.165) is 5.76 Å². The highest BCUT2D eigenvalue weighted by Gasteiger charge is 2.05. The molecule has 4 heteroatoms. The predicted octanol–water partition coefficient (Wildman–Crippen LogP) is 2.11. The summed E-state index contributed by atoms with van der Waals surface area (Å²) in [5.74, 6) is 2.06. The molecule has 0 atom stereocenters. The third-order valence-corrected chi connectivity index (χ3v) is 1.94. The van der Waals surface area contributed by atoms with Gasteiger partial charge in [0.1, 0.15) is 17.3 Å². The molecule has 2 heterocycles. The van der Waals surface area contributed by atoms with Gasteiger partial charge in [-0.25, -0.2) is 9.97 Å². The summed E-state index contributed by atoms with van der Waals surface area (Å²) in [7, 11) is 0. The molecule has 2 aromatic heterocycles. The fourth-order valence-corrected chi connectivity index (χ4v) is 1.26. The number of furan rings is 1. The maximum atomic E-state index is 8.53. The van der Waals surface area contributed by atoms with Crippen LogP contribution in [0.1, 0.15) is 11.6 Å². The Bertz CT molecular complexity index is 511. The molecule has 0 N–H and O–H groups in total. The highest BCUT2D eigenvalue weighted by Crippen LogP contribution is 2.19. The second-order valence-electron chi connectivity index (χ2n) is 3.10. The van der Waals surface area contributed by atoms with Gasteiger partial charge in [0, 0.05) is 6.20 Å². The molecule has 2 rings (SSSR count). The number of nitriles is 1. The summed E-state index contributed by atoms with van der Waals surface area (Å²) in [6.45, 7) is 1.88. The molecule has 0 fully saturated rings. The zero-order valence-electron chi connectivity index (χ0n) is 8.27. The number of hydrogen-bond donors (Lipinski definition) is 0. The molecule has 0 aliphatic carbocycles. The number of nitrogens with zero attached hydrogens (tertiary/aromatic N) is 3. The molecule has 0 spiro atoms. The van der Waals surface area contributed by atoms with Crippen LogP contribution >= 0.6 is 0 Å². The Labute approximate surface area is 87.2 Å². The molecular weight excluding hydrogens is 190 g/mol. The summed E-state index contributed by atoms with van der Waals surface area (Å²) in [6, 6.07) is 7.51. The van der Waals surface area contributed by atoms with Gasteiger partial charge < -0.3 is 4.42 Å². The molecule has 4 nitrogen and oxygen atoms in total. The van der Waals surface area contributed by atoms with Crippen molar-refractivity contribution >= 4 is 0 Å². The molecule has 0 saturated carbocycles. The van der Waals surface area contributed by atoms with E-state index in [0.29, 0.717) is 17.3 Å². The first-order valence-electron chi connectivity index (χ1n) is 4.55. The first kappa shape index (κ1) is 9.41. The lowest BCUT2D eigenvalue weighted by molar-refractivity contribution is 0.546. The Morgan fingerprint density at radius 3 is 2.93 bits per heavy atom. The molecule has 2 aromatic rings. The number of aryl methyl sites for hydroxylation is 1. The third kappa shape index (κ3) is 2.02. The summed E-state index contributed by atoms with van der Waals surface area (Å²) in [5.41, 5.74) is 0.711. The first-order chi connectivity index (χ1) is 7.29. The Balaban J connectivity index is 2.37. The Kier molecular flexibility index (Phi) is 2.46. The average Bonchev–Trinajstić information content (AvgIpc) is 2.66. The minimum absolute atomic E-state index is 0.216. The zero-order valence-corrected chi connectivity index (χ0v) is 8.27. The van der Waals surface area contributed by atoms with E-state index in [1.807, 2.05) is 25.1 Å². The van der Waals surface area contributed by atoms with Gasteiger partial charge in [-0.1, -0.05) is 0 Å². The molecule has 74 valence electrons. The Morgan fingerprint density at radius 2 is 2.27 bits per heavy atom. The van der Waals surface area contributed by atoms with Crippen LogP contribution in [0.3, 0.4) is 0 Å². The van der Waals surface area contributed by atoms with Gasteiger partial charge in [-0.2, -0.15) is 5.26 Å². The van der Waals surface area contributed by atoms with Gasteiger partial charge in [0.25, 0.3) is 0 Å². The summed E-state index contributed by atoms with van der Waals surface area (Å²) in [4.78, 5) is 8.20. The summed E-state index contributed by atoms with van der Waals surface area (Å²) >= 11 is 0. The third-order valence-electron chi connectivity index (χ3n) is 1.94. The summed E-state index contributed by atoms with van der Waals surface area (Å²) < 4.78 is 5.43. The van der Waals surface area contributed by atoms with Crippen LogP contribution in [0.4, 0.5) is 0 Å². The SMILES string of the molecule is Cc1ccc(-c2ccnc(CC#N)n2)o1. The molecular formula is C11H9N3O. The lowest BCUT2D eigenvalue weighted by atomic mass is 10.3. The average molecular weight is 199 g/mol. The fourth-order valence-electron chi connectivity index (χ4n) is 1.26. The van der Waals surface area contributed by atoms with Gasteiger partial charge >= 0.3 is 0 Å². The smallest absolute Gasteiger partial charge is 0.152 e. The fraction of sp³-hybridized carbons (Fsp3) is 0.182. The van der Waals surface area contributed by atoms with Crippen molar-refractivity contribution in [2.24, 2.45) is 0 Å². The van der Waals surface area contributed by atoms with Gasteiger partial charge in [-0.3, -0.25) is 0 Å². The van der Waals surface area contributed by atoms with E-state index in [2.05, 4.69) is 9.97 Å². The van der Waals surface area contributed by atoms with Gasteiger partial charge in [-0.15, -0.1) is 0 Å². The molecule has 0 unspecified atom stereocenters. The van der Waals surface area contributed by atoms with Crippen LogP contribution < -0.4 is 0 Å². The van der Waals surface area contributed by atoms with Gasteiger partial charge in [0.05, 0.1) is 12.5 Å². The molecule has 0 amide bonds. The van der Waals surface area contributed by atoms with Gasteiger partial charge in [-0.05, 0) is 25.1 Å². The van der Waals surface area contributed by atoms with E-state index in [9.17, 15) is 0 Å². The number of hydrogen-bond acceptors (Lipinski definition) is 4. The molecule has 15 heavy (non-hydrogen) atoms. The largest absolute Gasteiger partial charge is 0.460 e. The van der Waals surface area contributed by atoms with Crippen LogP contribution in [-0.4, -0.2) is 9.97 Å². The zero-order chi connectivity index (χ0) is 10.7. The predicted molar refractivity (Wildman–Crippen MR) is 53.8 cm³/mol. The van der Waals surface area contributed by atoms with Crippen LogP contribution in [0.15, 0.2) is 28.8 Å². The van der Waals surface area contributed by atoms with Crippen LogP contribution in [-0.2, 0) is 6.42 Å². The van der Waals surface area contributed by atoms with E-state index >= 15 is 0 Å². The Hall–Kier alpha value is -2.15. The summed E-state index contributed by atoms with van der Waals surface area (Å²) in [6.07, 6.45) is 1.85. The number of aromatic nitrogens is 2. The number of rotatable bonds is 2. The standard InChI is InChI=1S/C11H9N3O/c1-8-2-3-10(15-8)9-5-7-13-11(14-9)4-6-12/h2-3,5,7H,4H2,1H3. The van der Waals surface area contributed by atoms with E-state index in [4.69, 9.17) is 9.68 Å². The van der Waals surface area contributed by atoms with Crippen molar-refractivity contribution in [1.29, 1.82) is 5.26 Å². The van der Waals surface area contributed by atoms with Gasteiger partial charge in [0.15, 0.2) is 5.76 Å². The van der Waals surface area contributed by atoms with E-state index in [-0.39, 0.29) is 6.42 Å². The van der Waals surface area contributed by atoms with E-state index in [1.165, 1.54) is 0 Å². The molecule has 0 saturated heterocycles. The van der Waals surface area contributed by atoms with Crippen molar-refractivity contribution in [1.82, 2.24) is 9.97 Å². The maximum absolute atomic E-state index is 8.53. The van der Waals surface area contributed by atoms with Crippen LogP contribution in [0, 0.1) is 18.3 Å². The molecule has 0 radical (unpaired) electrons. The molecule has 0 aromatic carbocycles. The van der Waals surface area contributed by atoms with Crippen LogP contribution in [0.5, 0.6) is 0 Å². The Morgan fingerprint density at radius 1 is 1.40 bits per heavy atom. The lowest BCUT2D eigenvalue weighted by Crippen LogP contribution is -1.93. The lowest BCUT2D eigenvalue weighted by Gasteiger charge is -1.97. The molecule has 0 bridgehead atoms. The monoisotopic (exact) mass is 199 g/mol.